The first-order valence-electron chi connectivity index (χ1n) is 6.66. The zero-order valence-electron chi connectivity index (χ0n) is 11.5. The Morgan fingerprint density at radius 2 is 2.20 bits per heavy atom. The van der Waals surface area contributed by atoms with Crippen LogP contribution in [0.15, 0.2) is 18.2 Å². The molecule has 0 bridgehead atoms. The summed E-state index contributed by atoms with van der Waals surface area (Å²) in [6.07, 6.45) is 1.75. The molecule has 0 spiro atoms. The first-order chi connectivity index (χ1) is 9.41. The van der Waals surface area contributed by atoms with Gasteiger partial charge in [-0.15, -0.1) is 0 Å². The summed E-state index contributed by atoms with van der Waals surface area (Å²) >= 11 is 0. The fourth-order valence-electron chi connectivity index (χ4n) is 2.73. The lowest BCUT2D eigenvalue weighted by Gasteiger charge is -2.27. The maximum absolute atomic E-state index is 13.3. The van der Waals surface area contributed by atoms with E-state index < -0.39 is 16.6 Å². The molecule has 1 fully saturated rings. The zero-order chi connectivity index (χ0) is 14.9. The van der Waals surface area contributed by atoms with Gasteiger partial charge in [-0.25, -0.2) is 4.39 Å². The smallest absolute Gasteiger partial charge is 0.282 e. The lowest BCUT2D eigenvalue weighted by molar-refractivity contribution is -0.385. The van der Waals surface area contributed by atoms with E-state index in [9.17, 15) is 19.3 Å². The van der Waals surface area contributed by atoms with Crippen molar-refractivity contribution in [2.75, 3.05) is 6.54 Å². The topological polar surface area (TPSA) is 63.5 Å². The maximum Gasteiger partial charge on any atom is 0.282 e. The van der Waals surface area contributed by atoms with Crippen LogP contribution in [0.1, 0.15) is 37.0 Å². The number of carbonyl (C=O) groups excluding carboxylic acids is 1. The minimum atomic E-state index is -0.646. The Morgan fingerprint density at radius 1 is 1.50 bits per heavy atom. The SMILES string of the molecule is CC(C)C1CCCN1C(=O)c1cc(F)ccc1[N+](=O)[O-]. The van der Waals surface area contributed by atoms with Gasteiger partial charge in [-0.2, -0.15) is 0 Å². The second-order valence-corrected chi connectivity index (χ2v) is 5.37. The monoisotopic (exact) mass is 280 g/mol. The Labute approximate surface area is 116 Å². The average molecular weight is 280 g/mol. The fraction of sp³-hybridized carbons (Fsp3) is 0.500. The van der Waals surface area contributed by atoms with Gasteiger partial charge in [0.2, 0.25) is 0 Å². The number of rotatable bonds is 3. The highest BCUT2D eigenvalue weighted by atomic mass is 19.1. The number of amides is 1. The van der Waals surface area contributed by atoms with E-state index in [0.717, 1.165) is 31.0 Å². The first-order valence-corrected chi connectivity index (χ1v) is 6.66. The van der Waals surface area contributed by atoms with Crippen molar-refractivity contribution >= 4 is 11.6 Å². The molecule has 0 N–H and O–H groups in total. The summed E-state index contributed by atoms with van der Waals surface area (Å²) in [5.74, 6) is -0.819. The number of hydrogen-bond donors (Lipinski definition) is 0. The predicted molar refractivity (Wildman–Crippen MR) is 72.0 cm³/mol. The van der Waals surface area contributed by atoms with Crippen LogP contribution in [-0.2, 0) is 0 Å². The first kappa shape index (κ1) is 14.4. The molecule has 1 aliphatic rings. The highest BCUT2D eigenvalue weighted by molar-refractivity contribution is 5.98. The molecule has 0 saturated carbocycles. The van der Waals surface area contributed by atoms with Gasteiger partial charge in [-0.05, 0) is 30.9 Å². The predicted octanol–water partition coefficient (Wildman–Crippen LogP) is 2.99. The summed E-state index contributed by atoms with van der Waals surface area (Å²) < 4.78 is 13.3. The minimum absolute atomic E-state index is 0.0605. The zero-order valence-corrected chi connectivity index (χ0v) is 11.5. The van der Waals surface area contributed by atoms with Gasteiger partial charge < -0.3 is 4.90 Å². The van der Waals surface area contributed by atoms with Crippen LogP contribution in [0.5, 0.6) is 0 Å². The van der Waals surface area contributed by atoms with E-state index in [4.69, 9.17) is 0 Å². The Balaban J connectivity index is 2.38. The van der Waals surface area contributed by atoms with E-state index in [1.807, 2.05) is 13.8 Å². The van der Waals surface area contributed by atoms with Crippen LogP contribution in [0.2, 0.25) is 0 Å². The Hall–Kier alpha value is -1.98. The van der Waals surface area contributed by atoms with E-state index >= 15 is 0 Å². The number of halogens is 1. The van der Waals surface area contributed by atoms with Gasteiger partial charge >= 0.3 is 0 Å². The van der Waals surface area contributed by atoms with Crippen molar-refractivity contribution < 1.29 is 14.1 Å². The van der Waals surface area contributed by atoms with Gasteiger partial charge in [0.15, 0.2) is 0 Å². The molecule has 1 aromatic carbocycles. The van der Waals surface area contributed by atoms with Gasteiger partial charge in [-0.1, -0.05) is 13.8 Å². The Kier molecular flexibility index (Phi) is 4.01. The molecule has 1 heterocycles. The molecule has 1 atom stereocenters. The van der Waals surface area contributed by atoms with Crippen molar-refractivity contribution in [3.8, 4) is 0 Å². The van der Waals surface area contributed by atoms with Gasteiger partial charge in [0.05, 0.1) is 4.92 Å². The number of hydrogen-bond acceptors (Lipinski definition) is 3. The third kappa shape index (κ3) is 2.64. The molecule has 1 aliphatic heterocycles. The van der Waals surface area contributed by atoms with Crippen LogP contribution >= 0.6 is 0 Å². The molecule has 20 heavy (non-hydrogen) atoms. The van der Waals surface area contributed by atoms with Gasteiger partial charge in [0.25, 0.3) is 11.6 Å². The quantitative estimate of drug-likeness (QED) is 0.631. The van der Waals surface area contributed by atoms with Gasteiger partial charge in [-0.3, -0.25) is 14.9 Å². The normalized spacial score (nSPS) is 18.6. The summed E-state index contributed by atoms with van der Waals surface area (Å²) in [6, 6.07) is 3.06. The van der Waals surface area contributed by atoms with Crippen LogP contribution in [0.4, 0.5) is 10.1 Å². The van der Waals surface area contributed by atoms with Crippen molar-refractivity contribution in [3.05, 3.63) is 39.7 Å². The molecule has 5 nitrogen and oxygen atoms in total. The van der Waals surface area contributed by atoms with Crippen molar-refractivity contribution in [1.29, 1.82) is 0 Å². The number of benzene rings is 1. The molecule has 1 unspecified atom stereocenters. The highest BCUT2D eigenvalue weighted by Gasteiger charge is 2.34. The summed E-state index contributed by atoms with van der Waals surface area (Å²) in [6.45, 7) is 4.59. The molecule has 1 saturated heterocycles. The van der Waals surface area contributed by atoms with Crippen LogP contribution in [-0.4, -0.2) is 28.3 Å². The maximum atomic E-state index is 13.3. The molecule has 0 radical (unpaired) electrons. The molecule has 108 valence electrons. The lowest BCUT2D eigenvalue weighted by atomic mass is 10.0. The second-order valence-electron chi connectivity index (χ2n) is 5.37. The van der Waals surface area contributed by atoms with Crippen molar-refractivity contribution in [2.45, 2.75) is 32.7 Å². The number of nitro groups is 1. The minimum Gasteiger partial charge on any atom is -0.335 e. The fourth-order valence-corrected chi connectivity index (χ4v) is 2.73. The van der Waals surface area contributed by atoms with Crippen LogP contribution < -0.4 is 0 Å². The van der Waals surface area contributed by atoms with E-state index in [2.05, 4.69) is 0 Å². The van der Waals surface area contributed by atoms with Crippen LogP contribution in [0.3, 0.4) is 0 Å². The third-order valence-electron chi connectivity index (χ3n) is 3.72. The highest BCUT2D eigenvalue weighted by Crippen LogP contribution is 2.28. The molecule has 0 aliphatic carbocycles. The molecule has 2 rings (SSSR count). The number of nitrogens with zero attached hydrogens (tertiary/aromatic N) is 2. The van der Waals surface area contributed by atoms with Gasteiger partial charge in [0, 0.05) is 18.7 Å². The van der Waals surface area contributed by atoms with Crippen LogP contribution in [0.25, 0.3) is 0 Å². The van der Waals surface area contributed by atoms with E-state index in [-0.39, 0.29) is 23.2 Å². The second kappa shape index (κ2) is 5.56. The molecular formula is C14H17FN2O3. The number of nitro benzene ring substituents is 1. The van der Waals surface area contributed by atoms with E-state index in [1.54, 1.807) is 4.90 Å². The Bertz CT molecular complexity index is 545. The lowest BCUT2D eigenvalue weighted by Crippen LogP contribution is -2.38. The molecule has 1 aromatic rings. The van der Waals surface area contributed by atoms with Gasteiger partial charge in [0.1, 0.15) is 11.4 Å². The molecule has 0 aromatic heterocycles. The summed E-state index contributed by atoms with van der Waals surface area (Å²) in [4.78, 5) is 24.5. The number of likely N-dealkylation sites (tertiary alicyclic amines) is 1. The van der Waals surface area contributed by atoms with Crippen molar-refractivity contribution in [2.24, 2.45) is 5.92 Å². The van der Waals surface area contributed by atoms with Crippen LogP contribution in [0, 0.1) is 21.8 Å². The Morgan fingerprint density at radius 3 is 2.80 bits per heavy atom. The summed E-state index contributed by atoms with van der Waals surface area (Å²) in [5.41, 5.74) is -0.506. The molecular weight excluding hydrogens is 263 g/mol. The van der Waals surface area contributed by atoms with E-state index in [1.165, 1.54) is 0 Å². The van der Waals surface area contributed by atoms with E-state index in [0.29, 0.717) is 6.54 Å². The molecule has 6 heteroatoms. The average Bonchev–Trinajstić information content (AvgIpc) is 2.86. The molecule has 1 amide bonds. The summed E-state index contributed by atoms with van der Waals surface area (Å²) in [5, 5.41) is 11.0. The third-order valence-corrected chi connectivity index (χ3v) is 3.72. The van der Waals surface area contributed by atoms with Crippen molar-refractivity contribution in [1.82, 2.24) is 4.90 Å². The largest absolute Gasteiger partial charge is 0.335 e. The number of carbonyl (C=O) groups is 1. The van der Waals surface area contributed by atoms with Crippen molar-refractivity contribution in [3.63, 3.8) is 0 Å². The standard InChI is InChI=1S/C14H17FN2O3/c1-9(2)12-4-3-7-16(12)14(18)11-8-10(15)5-6-13(11)17(19)20/h5-6,8-9,12H,3-4,7H2,1-2H3. The summed E-state index contributed by atoms with van der Waals surface area (Å²) in [7, 11) is 0.